The van der Waals surface area contributed by atoms with E-state index in [9.17, 15) is 4.79 Å². The fraction of sp³-hybridized carbons (Fsp3) is 0.429. The van der Waals surface area contributed by atoms with Gasteiger partial charge in [0, 0.05) is 18.1 Å². The van der Waals surface area contributed by atoms with Crippen molar-refractivity contribution >= 4 is 50.8 Å². The zero-order valence-corrected chi connectivity index (χ0v) is 13.9. The van der Waals surface area contributed by atoms with Gasteiger partial charge in [-0.3, -0.25) is 4.79 Å². The Morgan fingerprint density at radius 2 is 2.24 bits per heavy atom. The van der Waals surface area contributed by atoms with Crippen molar-refractivity contribution in [3.8, 4) is 0 Å². The highest BCUT2D eigenvalue weighted by atomic mass is 35.5. The third-order valence-corrected chi connectivity index (χ3v) is 5.73. The van der Waals surface area contributed by atoms with Gasteiger partial charge in [-0.25, -0.2) is 4.98 Å². The van der Waals surface area contributed by atoms with Gasteiger partial charge in [0.1, 0.15) is 0 Å². The van der Waals surface area contributed by atoms with Gasteiger partial charge in [-0.2, -0.15) is 0 Å². The summed E-state index contributed by atoms with van der Waals surface area (Å²) in [6.07, 6.45) is 0. The van der Waals surface area contributed by atoms with Crippen LogP contribution in [-0.4, -0.2) is 47.3 Å². The Hall–Kier alpha value is -0.820. The first-order valence-corrected chi connectivity index (χ1v) is 8.80. The van der Waals surface area contributed by atoms with Gasteiger partial charge < -0.3 is 9.64 Å². The fourth-order valence-electron chi connectivity index (χ4n) is 2.17. The highest BCUT2D eigenvalue weighted by Crippen LogP contribution is 2.33. The number of morpholine rings is 1. The Kier molecular flexibility index (Phi) is 4.69. The van der Waals surface area contributed by atoms with Crippen LogP contribution in [-0.2, 0) is 9.53 Å². The lowest BCUT2D eigenvalue weighted by Gasteiger charge is -2.28. The molecule has 0 unspecified atom stereocenters. The molecule has 1 saturated heterocycles. The molecule has 4 nitrogen and oxygen atoms in total. The molecule has 0 spiro atoms. The average Bonchev–Trinajstić information content (AvgIpc) is 2.88. The highest BCUT2D eigenvalue weighted by Gasteiger charge is 2.24. The number of halogens is 1. The molecule has 0 N–H and O–H groups in total. The molecule has 0 bridgehead atoms. The number of hydrogen-bond donors (Lipinski definition) is 0. The Morgan fingerprint density at radius 3 is 3.00 bits per heavy atom. The summed E-state index contributed by atoms with van der Waals surface area (Å²) < 4.78 is 7.27. The molecular weight excluding hydrogens is 328 g/mol. The van der Waals surface area contributed by atoms with Crippen LogP contribution in [0.4, 0.5) is 0 Å². The number of thiazole rings is 1. The summed E-state index contributed by atoms with van der Waals surface area (Å²) in [4.78, 5) is 18.8. The molecule has 0 saturated carbocycles. The first kappa shape index (κ1) is 15.1. The largest absolute Gasteiger partial charge is 0.378 e. The summed E-state index contributed by atoms with van der Waals surface area (Å²) in [5.41, 5.74) is 0.890. The highest BCUT2D eigenvalue weighted by molar-refractivity contribution is 8.02. The number of amides is 1. The van der Waals surface area contributed by atoms with Crippen LogP contribution in [0.5, 0.6) is 0 Å². The summed E-state index contributed by atoms with van der Waals surface area (Å²) in [5, 5.41) is 0.543. The molecule has 1 aromatic carbocycles. The minimum absolute atomic E-state index is 0.140. The second kappa shape index (κ2) is 6.52. The molecule has 2 aromatic rings. The van der Waals surface area contributed by atoms with Crippen LogP contribution in [0, 0.1) is 0 Å². The number of ether oxygens (including phenoxy) is 1. The summed E-state index contributed by atoms with van der Waals surface area (Å²) in [6, 6.07) is 5.68. The van der Waals surface area contributed by atoms with Crippen molar-refractivity contribution in [3.63, 3.8) is 0 Å². The summed E-state index contributed by atoms with van der Waals surface area (Å²) in [5.74, 6) is 0.153. The molecule has 1 aromatic heterocycles. The number of nitrogens with zero attached hydrogens (tertiary/aromatic N) is 2. The van der Waals surface area contributed by atoms with Gasteiger partial charge in [-0.1, -0.05) is 23.4 Å². The van der Waals surface area contributed by atoms with Crippen LogP contribution >= 0.6 is 34.7 Å². The number of aromatic nitrogens is 1. The molecule has 112 valence electrons. The molecule has 1 amide bonds. The van der Waals surface area contributed by atoms with E-state index in [1.54, 1.807) is 11.3 Å². The van der Waals surface area contributed by atoms with Crippen molar-refractivity contribution in [2.24, 2.45) is 0 Å². The maximum absolute atomic E-state index is 12.4. The predicted molar refractivity (Wildman–Crippen MR) is 87.3 cm³/mol. The molecule has 0 radical (unpaired) electrons. The molecule has 7 heteroatoms. The van der Waals surface area contributed by atoms with Crippen molar-refractivity contribution in [1.82, 2.24) is 9.88 Å². The van der Waals surface area contributed by atoms with E-state index in [1.807, 2.05) is 30.0 Å². The average molecular weight is 343 g/mol. The van der Waals surface area contributed by atoms with Crippen LogP contribution in [0.1, 0.15) is 6.92 Å². The van der Waals surface area contributed by atoms with Crippen molar-refractivity contribution < 1.29 is 9.53 Å². The van der Waals surface area contributed by atoms with Crippen LogP contribution in [0.3, 0.4) is 0 Å². The first-order valence-electron chi connectivity index (χ1n) is 6.73. The summed E-state index contributed by atoms with van der Waals surface area (Å²) >= 11 is 9.08. The van der Waals surface area contributed by atoms with Gasteiger partial charge in [0.25, 0.3) is 0 Å². The summed E-state index contributed by atoms with van der Waals surface area (Å²) in [6.45, 7) is 4.55. The van der Waals surface area contributed by atoms with Gasteiger partial charge in [-0.15, -0.1) is 11.3 Å². The van der Waals surface area contributed by atoms with E-state index in [-0.39, 0.29) is 11.2 Å². The van der Waals surface area contributed by atoms with Gasteiger partial charge in [-0.05, 0) is 25.1 Å². The van der Waals surface area contributed by atoms with Crippen LogP contribution in [0.2, 0.25) is 5.02 Å². The van der Waals surface area contributed by atoms with E-state index >= 15 is 0 Å². The van der Waals surface area contributed by atoms with Crippen molar-refractivity contribution in [1.29, 1.82) is 0 Å². The fourth-order valence-corrected chi connectivity index (χ4v) is 4.61. The predicted octanol–water partition coefficient (Wildman–Crippen LogP) is 3.29. The lowest BCUT2D eigenvalue weighted by molar-refractivity contribution is -0.134. The molecule has 2 heterocycles. The molecule has 1 fully saturated rings. The number of thioether (sulfide) groups is 1. The maximum atomic E-state index is 12.4. The molecule has 1 aliphatic heterocycles. The quantitative estimate of drug-likeness (QED) is 0.803. The minimum atomic E-state index is -0.140. The lowest BCUT2D eigenvalue weighted by Crippen LogP contribution is -2.44. The first-order chi connectivity index (χ1) is 10.1. The van der Waals surface area contributed by atoms with E-state index in [4.69, 9.17) is 16.3 Å². The number of benzene rings is 1. The number of rotatable bonds is 3. The van der Waals surface area contributed by atoms with Gasteiger partial charge in [0.05, 0.1) is 28.7 Å². The third-order valence-electron chi connectivity index (χ3n) is 3.28. The Bertz CT molecular complexity index is 655. The molecule has 3 rings (SSSR count). The number of fused-ring (bicyclic) bond motifs is 1. The molecule has 0 aliphatic carbocycles. The standard InChI is InChI=1S/C14H15ClN2O2S2/c1-9(13(18)17-4-6-19-7-5-17)20-14-16-11-8-10(15)2-3-12(11)21-14/h2-3,8-9H,4-7H2,1H3/t9-/m1/s1. The van der Waals surface area contributed by atoms with E-state index in [2.05, 4.69) is 4.98 Å². The maximum Gasteiger partial charge on any atom is 0.236 e. The molecule has 1 aliphatic rings. The zero-order valence-electron chi connectivity index (χ0n) is 11.5. The molecular formula is C14H15ClN2O2S2. The van der Waals surface area contributed by atoms with Crippen molar-refractivity contribution in [2.45, 2.75) is 16.5 Å². The van der Waals surface area contributed by atoms with Crippen molar-refractivity contribution in [2.75, 3.05) is 26.3 Å². The van der Waals surface area contributed by atoms with Crippen molar-refractivity contribution in [3.05, 3.63) is 23.2 Å². The second-order valence-electron chi connectivity index (χ2n) is 4.79. The van der Waals surface area contributed by atoms with Gasteiger partial charge in [0.2, 0.25) is 5.91 Å². The zero-order chi connectivity index (χ0) is 14.8. The molecule has 21 heavy (non-hydrogen) atoms. The number of carbonyl (C=O) groups is 1. The number of hydrogen-bond acceptors (Lipinski definition) is 5. The topological polar surface area (TPSA) is 42.4 Å². The normalized spacial score (nSPS) is 17.1. The van der Waals surface area contributed by atoms with Crippen LogP contribution in [0.25, 0.3) is 10.2 Å². The van der Waals surface area contributed by atoms with Crippen LogP contribution < -0.4 is 0 Å². The lowest BCUT2D eigenvalue weighted by atomic mass is 10.3. The van der Waals surface area contributed by atoms with Gasteiger partial charge >= 0.3 is 0 Å². The van der Waals surface area contributed by atoms with E-state index in [0.29, 0.717) is 31.3 Å². The van der Waals surface area contributed by atoms with E-state index < -0.39 is 0 Å². The third kappa shape index (κ3) is 3.51. The summed E-state index contributed by atoms with van der Waals surface area (Å²) in [7, 11) is 0. The van der Waals surface area contributed by atoms with Crippen LogP contribution in [0.15, 0.2) is 22.5 Å². The van der Waals surface area contributed by atoms with Gasteiger partial charge in [0.15, 0.2) is 4.34 Å². The minimum Gasteiger partial charge on any atom is -0.378 e. The second-order valence-corrected chi connectivity index (χ2v) is 7.84. The number of carbonyl (C=O) groups excluding carboxylic acids is 1. The SMILES string of the molecule is C[C@@H](Sc1nc2cc(Cl)ccc2s1)C(=O)N1CCOCC1. The Balaban J connectivity index is 1.70. The van der Waals surface area contributed by atoms with E-state index in [1.165, 1.54) is 11.8 Å². The van der Waals surface area contributed by atoms with E-state index in [0.717, 1.165) is 14.6 Å². The molecule has 1 atom stereocenters. The Morgan fingerprint density at radius 1 is 1.48 bits per heavy atom. The Labute approximate surface area is 136 Å². The monoisotopic (exact) mass is 342 g/mol. The smallest absolute Gasteiger partial charge is 0.236 e.